The van der Waals surface area contributed by atoms with Crippen LogP contribution in [0.3, 0.4) is 0 Å². The number of hydrogen-bond donors (Lipinski definition) is 0. The van der Waals surface area contributed by atoms with Crippen LogP contribution in [0.5, 0.6) is 0 Å². The van der Waals surface area contributed by atoms with Crippen molar-refractivity contribution in [3.05, 3.63) is 82.9 Å². The van der Waals surface area contributed by atoms with Gasteiger partial charge < -0.3 is 0 Å². The lowest BCUT2D eigenvalue weighted by Crippen LogP contribution is -2.64. The monoisotopic (exact) mass is 282 g/mol. The van der Waals surface area contributed by atoms with Crippen LogP contribution in [0.25, 0.3) is 0 Å². The number of allylic oxidation sites excluding steroid dienone is 2. The van der Waals surface area contributed by atoms with Gasteiger partial charge in [0, 0.05) is 11.3 Å². The van der Waals surface area contributed by atoms with Crippen LogP contribution >= 0.6 is 0 Å². The van der Waals surface area contributed by atoms with Crippen molar-refractivity contribution in [2.24, 2.45) is 23.7 Å². The second-order valence-electron chi connectivity index (χ2n) is 8.11. The lowest BCUT2D eigenvalue weighted by atomic mass is 9.35. The van der Waals surface area contributed by atoms with Crippen molar-refractivity contribution in [1.29, 1.82) is 0 Å². The first-order chi connectivity index (χ1) is 10.9. The second kappa shape index (κ2) is 3.11. The fourth-order valence-electron chi connectivity index (χ4n) is 7.54. The third kappa shape index (κ3) is 0.814. The van der Waals surface area contributed by atoms with E-state index in [-0.39, 0.29) is 0 Å². The van der Waals surface area contributed by atoms with Crippen LogP contribution in [0, 0.1) is 23.7 Å². The summed E-state index contributed by atoms with van der Waals surface area (Å²) >= 11 is 0. The average Bonchev–Trinajstić information content (AvgIpc) is 3.13. The predicted octanol–water partition coefficient (Wildman–Crippen LogP) is 4.62. The number of rotatable bonds is 0. The summed E-state index contributed by atoms with van der Waals surface area (Å²) in [5.74, 6) is 5.06. The summed E-state index contributed by atoms with van der Waals surface area (Å²) in [6.07, 6.45) is 6.53. The van der Waals surface area contributed by atoms with Crippen LogP contribution in [0.2, 0.25) is 0 Å². The SMILES string of the molecule is C1=CC2CC1C1C3c4ccccc4C4c5ccccc5C43C21. The van der Waals surface area contributed by atoms with E-state index in [1.165, 1.54) is 6.42 Å². The Bertz CT molecular complexity index is 869. The minimum atomic E-state index is 0.467. The van der Waals surface area contributed by atoms with Crippen LogP contribution in [0.15, 0.2) is 60.7 Å². The quantitative estimate of drug-likeness (QED) is 0.619. The third-order valence-electron chi connectivity index (χ3n) is 7.83. The molecule has 0 aromatic heterocycles. The van der Waals surface area contributed by atoms with E-state index in [9.17, 15) is 0 Å². The number of benzene rings is 2. The summed E-state index contributed by atoms with van der Waals surface area (Å²) in [7, 11) is 0. The van der Waals surface area contributed by atoms with Gasteiger partial charge in [0.15, 0.2) is 0 Å². The fourth-order valence-corrected chi connectivity index (χ4v) is 7.54. The maximum absolute atomic E-state index is 2.55. The number of hydrogen-bond acceptors (Lipinski definition) is 0. The summed E-state index contributed by atoms with van der Waals surface area (Å²) in [6, 6.07) is 18.7. The molecule has 5 aliphatic rings. The van der Waals surface area contributed by atoms with E-state index in [1.807, 2.05) is 0 Å². The van der Waals surface area contributed by atoms with Gasteiger partial charge >= 0.3 is 0 Å². The van der Waals surface area contributed by atoms with Gasteiger partial charge in [-0.3, -0.25) is 0 Å². The number of fused-ring (bicyclic) bond motifs is 11. The molecule has 7 rings (SSSR count). The Labute approximate surface area is 130 Å². The summed E-state index contributed by atoms with van der Waals surface area (Å²) in [6.45, 7) is 0. The molecule has 2 fully saturated rings. The Morgan fingerprint density at radius 1 is 0.773 bits per heavy atom. The van der Waals surface area contributed by atoms with Crippen molar-refractivity contribution < 1.29 is 0 Å². The van der Waals surface area contributed by atoms with Crippen LogP contribution in [0.4, 0.5) is 0 Å². The summed E-state index contributed by atoms with van der Waals surface area (Å²) in [4.78, 5) is 0. The van der Waals surface area contributed by atoms with E-state index in [2.05, 4.69) is 60.7 Å². The van der Waals surface area contributed by atoms with Gasteiger partial charge in [-0.15, -0.1) is 0 Å². The predicted molar refractivity (Wildman–Crippen MR) is 86.9 cm³/mol. The highest BCUT2D eigenvalue weighted by molar-refractivity contribution is 5.69. The molecule has 106 valence electrons. The molecule has 2 aromatic rings. The molecule has 0 nitrogen and oxygen atoms in total. The molecule has 2 saturated carbocycles. The first-order valence-electron chi connectivity index (χ1n) is 8.79. The lowest BCUT2D eigenvalue weighted by molar-refractivity contribution is -0.0319. The maximum atomic E-state index is 2.55. The molecule has 2 aromatic carbocycles. The highest BCUT2D eigenvalue weighted by Gasteiger charge is 2.79. The molecule has 7 unspecified atom stereocenters. The van der Waals surface area contributed by atoms with Gasteiger partial charge in [0.05, 0.1) is 0 Å². The van der Waals surface area contributed by atoms with Crippen molar-refractivity contribution >= 4 is 0 Å². The van der Waals surface area contributed by atoms with Gasteiger partial charge in [-0.05, 0) is 58.3 Å². The van der Waals surface area contributed by atoms with Gasteiger partial charge in [-0.2, -0.15) is 0 Å². The molecule has 7 atom stereocenters. The lowest BCUT2D eigenvalue weighted by Gasteiger charge is -2.67. The van der Waals surface area contributed by atoms with Gasteiger partial charge in [-0.25, -0.2) is 0 Å². The highest BCUT2D eigenvalue weighted by atomic mass is 14.8. The topological polar surface area (TPSA) is 0 Å². The van der Waals surface area contributed by atoms with Gasteiger partial charge in [0.25, 0.3) is 0 Å². The van der Waals surface area contributed by atoms with E-state index >= 15 is 0 Å². The zero-order valence-electron chi connectivity index (χ0n) is 12.4. The Morgan fingerprint density at radius 3 is 2.41 bits per heavy atom. The minimum absolute atomic E-state index is 0.467. The summed E-state index contributed by atoms with van der Waals surface area (Å²) < 4.78 is 0. The molecule has 0 saturated heterocycles. The zero-order chi connectivity index (χ0) is 14.1. The first kappa shape index (κ1) is 10.8. The van der Waals surface area contributed by atoms with E-state index in [4.69, 9.17) is 0 Å². The van der Waals surface area contributed by atoms with Crippen LogP contribution in [-0.2, 0) is 5.41 Å². The molecule has 22 heavy (non-hydrogen) atoms. The molecule has 0 aliphatic heterocycles. The van der Waals surface area contributed by atoms with E-state index in [0.717, 1.165) is 29.6 Å². The molecular formula is C22H18. The standard InChI is InChI=1S/C22H18/c1-2-6-15-14(5-1)20-16-7-3-4-8-17(16)22(20)19-13-10-9-12(11-13)18(19)21(15)22/h1-10,12-13,18-21H,11H2. The molecule has 0 heterocycles. The molecule has 5 aliphatic carbocycles. The maximum Gasteiger partial charge on any atom is 0.0201 e. The zero-order valence-corrected chi connectivity index (χ0v) is 12.4. The molecule has 0 radical (unpaired) electrons. The van der Waals surface area contributed by atoms with Crippen molar-refractivity contribution in [3.63, 3.8) is 0 Å². The molecule has 0 N–H and O–H groups in total. The van der Waals surface area contributed by atoms with Gasteiger partial charge in [0.1, 0.15) is 0 Å². The largest absolute Gasteiger partial charge is 0.0848 e. The van der Waals surface area contributed by atoms with Crippen LogP contribution in [0.1, 0.15) is 40.5 Å². The Balaban J connectivity index is 1.57. The Kier molecular flexibility index (Phi) is 1.53. The summed E-state index contributed by atoms with van der Waals surface area (Å²) in [5.41, 5.74) is 7.13. The molecule has 0 heteroatoms. The van der Waals surface area contributed by atoms with Gasteiger partial charge in [-0.1, -0.05) is 60.7 Å². The first-order valence-corrected chi connectivity index (χ1v) is 8.79. The van der Waals surface area contributed by atoms with Crippen molar-refractivity contribution in [2.45, 2.75) is 23.7 Å². The molecular weight excluding hydrogens is 264 g/mol. The minimum Gasteiger partial charge on any atom is -0.0848 e. The van der Waals surface area contributed by atoms with Crippen molar-refractivity contribution in [2.75, 3.05) is 0 Å². The fraction of sp³-hybridized carbons (Fsp3) is 0.364. The normalized spacial score (nSPS) is 46.9. The molecule has 1 spiro atoms. The third-order valence-corrected chi connectivity index (χ3v) is 7.83. The smallest absolute Gasteiger partial charge is 0.0201 e. The van der Waals surface area contributed by atoms with Crippen molar-refractivity contribution in [3.8, 4) is 0 Å². The highest BCUT2D eigenvalue weighted by Crippen LogP contribution is 2.84. The Hall–Kier alpha value is -1.82. The van der Waals surface area contributed by atoms with Crippen LogP contribution < -0.4 is 0 Å². The van der Waals surface area contributed by atoms with E-state index in [0.29, 0.717) is 11.3 Å². The van der Waals surface area contributed by atoms with Crippen molar-refractivity contribution in [1.82, 2.24) is 0 Å². The van der Waals surface area contributed by atoms with Crippen LogP contribution in [-0.4, -0.2) is 0 Å². The molecule has 2 bridgehead atoms. The van der Waals surface area contributed by atoms with Gasteiger partial charge in [0.2, 0.25) is 0 Å². The average molecular weight is 282 g/mol. The summed E-state index contributed by atoms with van der Waals surface area (Å²) in [5, 5.41) is 0. The van der Waals surface area contributed by atoms with E-state index in [1.54, 1.807) is 22.3 Å². The van der Waals surface area contributed by atoms with E-state index < -0.39 is 0 Å². The second-order valence-corrected chi connectivity index (χ2v) is 8.11. The Morgan fingerprint density at radius 2 is 1.50 bits per heavy atom. The molecule has 0 amide bonds.